The molecule has 2 aliphatic heterocycles. The molecule has 2 amide bonds. The molecule has 0 saturated carbocycles. The number of thioether (sulfide) groups is 2. The highest BCUT2D eigenvalue weighted by Gasteiger charge is 2.54. The second-order valence-corrected chi connectivity index (χ2v) is 9.77. The number of phenolic OH excluding ortho intramolecular Hbond substituents is 1. The minimum Gasteiger partial charge on any atom is -0.508 e. The highest BCUT2D eigenvalue weighted by Crippen LogP contribution is 2.41. The number of carboxylic acids is 1. The summed E-state index contributed by atoms with van der Waals surface area (Å²) in [6.07, 6.45) is 0. The molecule has 1 fully saturated rings. The molecule has 14 heteroatoms. The lowest BCUT2D eigenvalue weighted by Crippen LogP contribution is -2.71. The van der Waals surface area contributed by atoms with E-state index in [-0.39, 0.29) is 22.7 Å². The Morgan fingerprint density at radius 1 is 1.31 bits per heavy atom. The predicted molar refractivity (Wildman–Crippen MR) is 117 cm³/mol. The topological polar surface area (TPSA) is 165 Å². The van der Waals surface area contributed by atoms with Crippen LogP contribution in [0.15, 0.2) is 50.5 Å². The molecule has 2 aliphatic rings. The number of aliphatic carboxylic acids is 1. The molecule has 2 atom stereocenters. The van der Waals surface area contributed by atoms with Crippen LogP contribution in [0.5, 0.6) is 5.75 Å². The molecule has 3 heterocycles. The largest absolute Gasteiger partial charge is 0.508 e. The van der Waals surface area contributed by atoms with Crippen molar-refractivity contribution in [2.75, 3.05) is 11.5 Å². The summed E-state index contributed by atoms with van der Waals surface area (Å²) < 4.78 is 0.694. The van der Waals surface area contributed by atoms with Crippen molar-refractivity contribution < 1.29 is 29.8 Å². The molecule has 11 nitrogen and oxygen atoms in total. The number of β-lactam (4-membered cyclic amide) rings is 1. The van der Waals surface area contributed by atoms with Crippen molar-refractivity contribution in [1.82, 2.24) is 20.4 Å². The molecule has 32 heavy (non-hydrogen) atoms. The standard InChI is InChI=1S/C18H15N5O6S3/c24-10-3-1-8(2-4-10)11(22-29)14(25)20-12-15(26)23-13(17(27)28)9(5-30-16(12)23)6-31-18-21-19-7-32-18/h1-4,7,12,16,24,29H,5-6H2,(H,20,25)(H,27,28)/t12?,16-/m1/s1. The SMILES string of the molecule is O=C(O)C1=C(CSc2nncs2)CS[C@@H]2C(NC(=O)C(=NO)c3ccc(O)cc3)C(=O)N12. The zero-order chi connectivity index (χ0) is 22.8. The zero-order valence-electron chi connectivity index (χ0n) is 16.0. The molecule has 0 radical (unpaired) electrons. The monoisotopic (exact) mass is 493 g/mol. The first-order chi connectivity index (χ1) is 15.4. The van der Waals surface area contributed by atoms with Gasteiger partial charge in [-0.15, -0.1) is 22.0 Å². The van der Waals surface area contributed by atoms with Crippen LogP contribution < -0.4 is 5.32 Å². The van der Waals surface area contributed by atoms with Crippen LogP contribution in [0.2, 0.25) is 0 Å². The van der Waals surface area contributed by atoms with Crippen LogP contribution in [0.3, 0.4) is 0 Å². The maximum Gasteiger partial charge on any atom is 0.352 e. The summed E-state index contributed by atoms with van der Waals surface area (Å²) in [7, 11) is 0. The Morgan fingerprint density at radius 3 is 2.69 bits per heavy atom. The first-order valence-electron chi connectivity index (χ1n) is 9.02. The van der Waals surface area contributed by atoms with Gasteiger partial charge in [-0.2, -0.15) is 0 Å². The molecule has 1 aromatic heterocycles. The number of nitrogens with zero attached hydrogens (tertiary/aromatic N) is 4. The Labute approximate surface area is 193 Å². The van der Waals surface area contributed by atoms with Crippen LogP contribution >= 0.6 is 34.9 Å². The fourth-order valence-corrected chi connectivity index (χ4v) is 6.21. The van der Waals surface area contributed by atoms with E-state index in [1.165, 1.54) is 64.0 Å². The average molecular weight is 494 g/mol. The summed E-state index contributed by atoms with van der Waals surface area (Å²) in [4.78, 5) is 38.4. The van der Waals surface area contributed by atoms with Crippen LogP contribution in [0.1, 0.15) is 5.56 Å². The quantitative estimate of drug-likeness (QED) is 0.143. The van der Waals surface area contributed by atoms with E-state index in [0.29, 0.717) is 21.4 Å². The maximum atomic E-state index is 12.8. The van der Waals surface area contributed by atoms with Crippen molar-refractivity contribution in [3.8, 4) is 5.75 Å². The number of hydrogen-bond acceptors (Lipinski definition) is 11. The molecule has 0 bridgehead atoms. The van der Waals surface area contributed by atoms with Gasteiger partial charge in [0, 0.05) is 17.1 Å². The van der Waals surface area contributed by atoms with Crippen molar-refractivity contribution in [3.63, 3.8) is 0 Å². The third-order valence-electron chi connectivity index (χ3n) is 4.70. The minimum atomic E-state index is -1.22. The van der Waals surface area contributed by atoms with Crippen LogP contribution in [0.4, 0.5) is 0 Å². The highest BCUT2D eigenvalue weighted by atomic mass is 32.2. The molecule has 0 spiro atoms. The zero-order valence-corrected chi connectivity index (χ0v) is 18.5. The van der Waals surface area contributed by atoms with Gasteiger partial charge in [-0.1, -0.05) is 28.3 Å². The van der Waals surface area contributed by atoms with Crippen molar-refractivity contribution in [2.24, 2.45) is 5.16 Å². The van der Waals surface area contributed by atoms with E-state index in [0.717, 1.165) is 0 Å². The van der Waals surface area contributed by atoms with E-state index in [1.54, 1.807) is 5.51 Å². The number of phenols is 1. The number of benzene rings is 1. The summed E-state index contributed by atoms with van der Waals surface area (Å²) in [6, 6.07) is 4.47. The highest BCUT2D eigenvalue weighted by molar-refractivity contribution is 8.01. The molecule has 166 valence electrons. The number of carbonyl (C=O) groups excluding carboxylic acids is 2. The van der Waals surface area contributed by atoms with Crippen LogP contribution in [-0.4, -0.2) is 76.9 Å². The van der Waals surface area contributed by atoms with Crippen molar-refractivity contribution in [3.05, 3.63) is 46.6 Å². The number of amides is 2. The number of aromatic hydroxyl groups is 1. The van der Waals surface area contributed by atoms with Crippen LogP contribution in [0.25, 0.3) is 0 Å². The summed E-state index contributed by atoms with van der Waals surface area (Å²) >= 11 is 4.02. The lowest BCUT2D eigenvalue weighted by molar-refractivity contribution is -0.150. The summed E-state index contributed by atoms with van der Waals surface area (Å²) in [5.41, 5.74) is 1.98. The van der Waals surface area contributed by atoms with Gasteiger partial charge in [0.05, 0.1) is 0 Å². The van der Waals surface area contributed by atoms with E-state index in [9.17, 15) is 29.8 Å². The summed E-state index contributed by atoms with van der Waals surface area (Å²) in [5, 5.41) is 41.0. The summed E-state index contributed by atoms with van der Waals surface area (Å²) in [5.74, 6) is -1.89. The van der Waals surface area contributed by atoms with E-state index >= 15 is 0 Å². The number of aromatic nitrogens is 2. The van der Waals surface area contributed by atoms with Gasteiger partial charge in [-0.25, -0.2) is 4.79 Å². The van der Waals surface area contributed by atoms with Gasteiger partial charge >= 0.3 is 5.97 Å². The average Bonchev–Trinajstić information content (AvgIpc) is 3.30. The van der Waals surface area contributed by atoms with Crippen molar-refractivity contribution in [1.29, 1.82) is 0 Å². The van der Waals surface area contributed by atoms with E-state index in [4.69, 9.17) is 0 Å². The Kier molecular flexibility index (Phi) is 6.34. The first kappa shape index (κ1) is 22.1. The second-order valence-electron chi connectivity index (χ2n) is 6.61. The number of oxime groups is 1. The van der Waals surface area contributed by atoms with Crippen molar-refractivity contribution >= 4 is 58.4 Å². The molecule has 4 rings (SSSR count). The lowest BCUT2D eigenvalue weighted by Gasteiger charge is -2.49. The Hall–Kier alpha value is -3.10. The van der Waals surface area contributed by atoms with Crippen molar-refractivity contribution in [2.45, 2.75) is 15.8 Å². The lowest BCUT2D eigenvalue weighted by atomic mass is 10.0. The number of fused-ring (bicyclic) bond motifs is 1. The molecule has 2 aromatic rings. The number of carboxylic acid groups (broad SMARTS) is 1. The molecule has 4 N–H and O–H groups in total. The molecular weight excluding hydrogens is 478 g/mol. The Balaban J connectivity index is 1.48. The van der Waals surface area contributed by atoms with Crippen LogP contribution in [-0.2, 0) is 14.4 Å². The maximum absolute atomic E-state index is 12.8. The Morgan fingerprint density at radius 2 is 2.06 bits per heavy atom. The smallest absolute Gasteiger partial charge is 0.352 e. The van der Waals surface area contributed by atoms with Gasteiger partial charge in [0.1, 0.15) is 28.4 Å². The van der Waals surface area contributed by atoms with Gasteiger partial charge in [-0.3, -0.25) is 14.5 Å². The predicted octanol–water partition coefficient (Wildman–Crippen LogP) is 0.953. The second kappa shape index (κ2) is 9.18. The van der Waals surface area contributed by atoms with Gasteiger partial charge in [0.25, 0.3) is 11.8 Å². The fraction of sp³-hybridized carbons (Fsp3) is 0.222. The Bertz CT molecular complexity index is 1120. The number of carbonyl (C=O) groups is 3. The van der Waals surface area contributed by atoms with Gasteiger partial charge in [0.15, 0.2) is 10.1 Å². The molecule has 0 aliphatic carbocycles. The van der Waals surface area contributed by atoms with E-state index < -0.39 is 29.2 Å². The third-order valence-corrected chi connectivity index (χ3v) is 7.99. The molecule has 1 aromatic carbocycles. The van der Waals surface area contributed by atoms with E-state index in [2.05, 4.69) is 20.7 Å². The molecule has 1 saturated heterocycles. The molecular formula is C18H15N5O6S3. The van der Waals surface area contributed by atoms with Gasteiger partial charge in [0.2, 0.25) is 0 Å². The van der Waals surface area contributed by atoms with E-state index in [1.807, 2.05) is 0 Å². The number of rotatable bonds is 7. The summed E-state index contributed by atoms with van der Waals surface area (Å²) in [6.45, 7) is 0. The van der Waals surface area contributed by atoms with Gasteiger partial charge in [-0.05, 0) is 29.8 Å². The normalized spacial score (nSPS) is 20.6. The number of hydrogen-bond donors (Lipinski definition) is 4. The van der Waals surface area contributed by atoms with Gasteiger partial charge < -0.3 is 20.7 Å². The number of nitrogens with one attached hydrogen (secondary N) is 1. The minimum absolute atomic E-state index is 0.0251. The molecule has 1 unspecified atom stereocenters. The third kappa shape index (κ3) is 4.16. The first-order valence-corrected chi connectivity index (χ1v) is 11.9. The fourth-order valence-electron chi connectivity index (χ4n) is 3.23. The van der Waals surface area contributed by atoms with Crippen LogP contribution in [0, 0.1) is 0 Å².